The van der Waals surface area contributed by atoms with Crippen molar-refractivity contribution in [3.05, 3.63) is 35.4 Å². The van der Waals surface area contributed by atoms with Gasteiger partial charge in [0.2, 0.25) is 5.91 Å². The molecule has 1 aliphatic heterocycles. The van der Waals surface area contributed by atoms with Gasteiger partial charge in [-0.3, -0.25) is 19.3 Å². The molecule has 1 heterocycles. The number of imide groups is 1. The van der Waals surface area contributed by atoms with Gasteiger partial charge in [0.1, 0.15) is 18.6 Å². The number of rotatable bonds is 8. The van der Waals surface area contributed by atoms with Crippen LogP contribution in [-0.2, 0) is 35.8 Å². The van der Waals surface area contributed by atoms with Gasteiger partial charge in [-0.05, 0) is 30.9 Å². The third kappa shape index (κ3) is 3.95. The Morgan fingerprint density at radius 1 is 1.28 bits per heavy atom. The van der Waals surface area contributed by atoms with Gasteiger partial charge < -0.3 is 19.7 Å². The molecule has 29 heavy (non-hydrogen) atoms. The highest BCUT2D eigenvalue weighted by Crippen LogP contribution is 2.41. The molecule has 2 aliphatic rings. The molecule has 1 fully saturated rings. The monoisotopic (exact) mass is 403 g/mol. The molecule has 0 aromatic heterocycles. The number of esters is 1. The summed E-state index contributed by atoms with van der Waals surface area (Å²) in [5.41, 5.74) is 0.668. The number of benzene rings is 1. The van der Waals surface area contributed by atoms with Crippen molar-refractivity contribution >= 4 is 23.8 Å². The number of methoxy groups -OCH3 is 1. The summed E-state index contributed by atoms with van der Waals surface area (Å²) in [6, 6.07) is 6.87. The molecule has 3 rings (SSSR count). The summed E-state index contributed by atoms with van der Waals surface area (Å²) in [4.78, 5) is 52.5. The normalized spacial score (nSPS) is 20.0. The first-order valence-electron chi connectivity index (χ1n) is 9.57. The number of hydrogen-bond acceptors (Lipinski definition) is 6. The quantitative estimate of drug-likeness (QED) is 0.498. The standard InChI is InChI=1S/C20H25N3O6/c1-3-29-17(25)13-22(10-11-28-2)16(24)12-23-18(26)20(21-19(23)27)9-8-14-6-4-5-7-15(14)20/h4-7H,3,8-13H2,1-2H3,(H,21,27). The minimum absolute atomic E-state index is 0.145. The maximum absolute atomic E-state index is 13.2. The number of carbonyl (C=O) groups is 4. The van der Waals surface area contributed by atoms with Crippen molar-refractivity contribution in [1.29, 1.82) is 0 Å². The zero-order chi connectivity index (χ0) is 21.0. The predicted octanol–water partition coefficient (Wildman–Crippen LogP) is 0.418. The number of ether oxygens (including phenoxy) is 2. The van der Waals surface area contributed by atoms with E-state index in [2.05, 4.69) is 5.32 Å². The maximum Gasteiger partial charge on any atom is 0.325 e. The summed E-state index contributed by atoms with van der Waals surface area (Å²) in [6.45, 7) is 1.51. The smallest absolute Gasteiger partial charge is 0.325 e. The first-order valence-corrected chi connectivity index (χ1v) is 9.57. The average Bonchev–Trinajstić information content (AvgIpc) is 3.18. The molecule has 4 amide bonds. The summed E-state index contributed by atoms with van der Waals surface area (Å²) in [5.74, 6) is -1.53. The minimum atomic E-state index is -1.12. The lowest BCUT2D eigenvalue weighted by atomic mass is 9.92. The molecule has 1 aliphatic carbocycles. The van der Waals surface area contributed by atoms with Gasteiger partial charge in [-0.2, -0.15) is 0 Å². The molecular formula is C20H25N3O6. The number of nitrogens with one attached hydrogen (secondary N) is 1. The van der Waals surface area contributed by atoms with Gasteiger partial charge in [0, 0.05) is 13.7 Å². The van der Waals surface area contributed by atoms with E-state index >= 15 is 0 Å². The number of hydrogen-bond donors (Lipinski definition) is 1. The largest absolute Gasteiger partial charge is 0.465 e. The Morgan fingerprint density at radius 2 is 2.03 bits per heavy atom. The van der Waals surface area contributed by atoms with E-state index < -0.39 is 35.9 Å². The van der Waals surface area contributed by atoms with Gasteiger partial charge in [-0.25, -0.2) is 4.79 Å². The Hall–Kier alpha value is -2.94. The topological polar surface area (TPSA) is 105 Å². The van der Waals surface area contributed by atoms with Crippen LogP contribution in [0.25, 0.3) is 0 Å². The molecule has 9 nitrogen and oxygen atoms in total. The van der Waals surface area contributed by atoms with Crippen LogP contribution in [0.4, 0.5) is 4.79 Å². The Kier molecular flexibility index (Phi) is 6.17. The van der Waals surface area contributed by atoms with E-state index in [1.165, 1.54) is 12.0 Å². The molecule has 0 bridgehead atoms. The SMILES string of the molecule is CCOC(=O)CN(CCOC)C(=O)CN1C(=O)NC2(CCc3ccccc32)C1=O. The summed E-state index contributed by atoms with van der Waals surface area (Å²) >= 11 is 0. The minimum Gasteiger partial charge on any atom is -0.465 e. The molecule has 1 saturated heterocycles. The fourth-order valence-electron chi connectivity index (χ4n) is 3.82. The summed E-state index contributed by atoms with van der Waals surface area (Å²) in [6.07, 6.45) is 1.13. The van der Waals surface area contributed by atoms with Crippen molar-refractivity contribution in [3.63, 3.8) is 0 Å². The van der Waals surface area contributed by atoms with Crippen molar-refractivity contribution in [2.75, 3.05) is 40.0 Å². The Morgan fingerprint density at radius 3 is 2.76 bits per heavy atom. The lowest BCUT2D eigenvalue weighted by Gasteiger charge is -2.25. The fraction of sp³-hybridized carbons (Fsp3) is 0.500. The third-order valence-electron chi connectivity index (χ3n) is 5.26. The molecule has 9 heteroatoms. The fourth-order valence-corrected chi connectivity index (χ4v) is 3.82. The highest BCUT2D eigenvalue weighted by molar-refractivity contribution is 6.10. The Balaban J connectivity index is 1.75. The number of urea groups is 1. The molecular weight excluding hydrogens is 378 g/mol. The second-order valence-electron chi connectivity index (χ2n) is 7.00. The molecule has 1 N–H and O–H groups in total. The van der Waals surface area contributed by atoms with Crippen LogP contribution in [-0.4, -0.2) is 73.6 Å². The first-order chi connectivity index (χ1) is 13.9. The van der Waals surface area contributed by atoms with Crippen LogP contribution in [0.1, 0.15) is 24.5 Å². The lowest BCUT2D eigenvalue weighted by Crippen LogP contribution is -2.47. The number of amides is 4. The number of carbonyl (C=O) groups excluding carboxylic acids is 4. The van der Waals surface area contributed by atoms with Crippen LogP contribution in [0.3, 0.4) is 0 Å². The Bertz CT molecular complexity index is 826. The van der Waals surface area contributed by atoms with Gasteiger partial charge in [0.15, 0.2) is 0 Å². The highest BCUT2D eigenvalue weighted by atomic mass is 16.5. The first kappa shape index (κ1) is 20.8. The summed E-state index contributed by atoms with van der Waals surface area (Å²) in [7, 11) is 1.48. The van der Waals surface area contributed by atoms with Gasteiger partial charge >= 0.3 is 12.0 Å². The lowest BCUT2D eigenvalue weighted by molar-refractivity contribution is -0.150. The van der Waals surface area contributed by atoms with Gasteiger partial charge in [-0.1, -0.05) is 24.3 Å². The van der Waals surface area contributed by atoms with E-state index in [-0.39, 0.29) is 26.3 Å². The zero-order valence-electron chi connectivity index (χ0n) is 16.6. The zero-order valence-corrected chi connectivity index (χ0v) is 16.6. The van der Waals surface area contributed by atoms with Crippen LogP contribution in [0, 0.1) is 0 Å². The molecule has 1 spiro atoms. The molecule has 0 radical (unpaired) electrons. The van der Waals surface area contributed by atoms with Crippen LogP contribution in [0.2, 0.25) is 0 Å². The van der Waals surface area contributed by atoms with Gasteiger partial charge in [-0.15, -0.1) is 0 Å². The molecule has 1 aromatic rings. The maximum atomic E-state index is 13.2. The van der Waals surface area contributed by atoms with E-state index in [0.717, 1.165) is 16.0 Å². The summed E-state index contributed by atoms with van der Waals surface area (Å²) in [5, 5.41) is 2.78. The van der Waals surface area contributed by atoms with Gasteiger partial charge in [0.25, 0.3) is 5.91 Å². The van der Waals surface area contributed by atoms with Crippen LogP contribution < -0.4 is 5.32 Å². The highest BCUT2D eigenvalue weighted by Gasteiger charge is 2.55. The third-order valence-corrected chi connectivity index (χ3v) is 5.26. The van der Waals surface area contributed by atoms with Crippen molar-refractivity contribution < 1.29 is 28.7 Å². The van der Waals surface area contributed by atoms with Crippen molar-refractivity contribution in [3.8, 4) is 0 Å². The van der Waals surface area contributed by atoms with Gasteiger partial charge in [0.05, 0.1) is 13.2 Å². The number of aryl methyl sites for hydroxylation is 1. The van der Waals surface area contributed by atoms with E-state index in [1.54, 1.807) is 6.92 Å². The van der Waals surface area contributed by atoms with E-state index in [0.29, 0.717) is 12.8 Å². The van der Waals surface area contributed by atoms with Crippen molar-refractivity contribution in [2.24, 2.45) is 0 Å². The van der Waals surface area contributed by atoms with Crippen LogP contribution in [0.15, 0.2) is 24.3 Å². The van der Waals surface area contributed by atoms with Crippen LogP contribution >= 0.6 is 0 Å². The second kappa shape index (κ2) is 8.60. The van der Waals surface area contributed by atoms with E-state index in [9.17, 15) is 19.2 Å². The second-order valence-corrected chi connectivity index (χ2v) is 7.00. The van der Waals surface area contributed by atoms with E-state index in [4.69, 9.17) is 9.47 Å². The van der Waals surface area contributed by atoms with Crippen molar-refractivity contribution in [2.45, 2.75) is 25.3 Å². The molecule has 156 valence electrons. The number of nitrogens with zero attached hydrogens (tertiary/aromatic N) is 2. The molecule has 0 saturated carbocycles. The molecule has 1 aromatic carbocycles. The van der Waals surface area contributed by atoms with Crippen molar-refractivity contribution in [1.82, 2.24) is 15.1 Å². The predicted molar refractivity (Wildman–Crippen MR) is 102 cm³/mol. The van der Waals surface area contributed by atoms with E-state index in [1.807, 2.05) is 24.3 Å². The molecule has 1 atom stereocenters. The average molecular weight is 403 g/mol. The number of fused-ring (bicyclic) bond motifs is 2. The molecule has 1 unspecified atom stereocenters. The Labute approximate surface area is 168 Å². The summed E-state index contributed by atoms with van der Waals surface area (Å²) < 4.78 is 9.88. The van der Waals surface area contributed by atoms with Crippen LogP contribution in [0.5, 0.6) is 0 Å².